The van der Waals surface area contributed by atoms with Crippen LogP contribution in [0.4, 0.5) is 11.4 Å². The topological polar surface area (TPSA) is 160 Å². The van der Waals surface area contributed by atoms with Crippen LogP contribution in [0.25, 0.3) is 0 Å². The number of benzene rings is 2. The van der Waals surface area contributed by atoms with E-state index in [9.17, 15) is 29.1 Å². The first-order valence-corrected chi connectivity index (χ1v) is 17.6. The minimum atomic E-state index is -1.29. The van der Waals surface area contributed by atoms with Crippen LogP contribution in [0.15, 0.2) is 57.9 Å². The van der Waals surface area contributed by atoms with E-state index in [4.69, 9.17) is 0 Å². The van der Waals surface area contributed by atoms with E-state index < -0.39 is 24.1 Å². The van der Waals surface area contributed by atoms with Gasteiger partial charge in [-0.05, 0) is 77.6 Å². The van der Waals surface area contributed by atoms with Crippen LogP contribution >= 0.6 is 15.9 Å². The van der Waals surface area contributed by atoms with Crippen molar-refractivity contribution in [2.75, 3.05) is 56.5 Å². The second kappa shape index (κ2) is 13.6. The number of likely N-dealkylation sites (tertiary alicyclic amines) is 1. The smallest absolute Gasteiger partial charge is 0.282 e. The summed E-state index contributed by atoms with van der Waals surface area (Å²) < 4.78 is 1.75. The molecule has 4 unspecified atom stereocenters. The second-order valence-electron chi connectivity index (χ2n) is 13.5. The lowest BCUT2D eigenvalue weighted by molar-refractivity contribution is -0.139. The number of carbonyl (C=O) groups is 4. The van der Waals surface area contributed by atoms with E-state index in [0.717, 1.165) is 35.7 Å². The molecule has 1 aromatic heterocycles. The third kappa shape index (κ3) is 6.40. The lowest BCUT2D eigenvalue weighted by Gasteiger charge is -2.37. The number of halogens is 1. The summed E-state index contributed by atoms with van der Waals surface area (Å²) in [7, 11) is 3.70. The van der Waals surface area contributed by atoms with Gasteiger partial charge in [-0.15, -0.1) is 0 Å². The highest BCUT2D eigenvalue weighted by Gasteiger charge is 2.44. The number of nitrogens with zero attached hydrogens (tertiary/aromatic N) is 6. The fourth-order valence-electron chi connectivity index (χ4n) is 7.56. The Bertz CT molecular complexity index is 1910. The lowest BCUT2D eigenvalue weighted by Crippen LogP contribution is -2.53. The highest BCUT2D eigenvalue weighted by molar-refractivity contribution is 9.10. The molecule has 5 heterocycles. The first kappa shape index (κ1) is 33.9. The summed E-state index contributed by atoms with van der Waals surface area (Å²) in [5.41, 5.74) is 3.84. The van der Waals surface area contributed by atoms with Crippen molar-refractivity contribution < 1.29 is 24.3 Å². The van der Waals surface area contributed by atoms with E-state index in [1.54, 1.807) is 25.4 Å². The molecule has 7 rings (SSSR count). The SMILES string of the molecule is CN1CC(Nc2cnn(C)c(=O)c2Br)CC(c2ccc(C(=O)N3CCN(c4ccc5c(c4)C(O)N(C4CCC(=O)NC4=O)C5=O)CC3)cc2)C1. The van der Waals surface area contributed by atoms with Gasteiger partial charge in [0.25, 0.3) is 17.4 Å². The van der Waals surface area contributed by atoms with Crippen molar-refractivity contribution >= 4 is 50.9 Å². The fourth-order valence-corrected chi connectivity index (χ4v) is 8.03. The number of fused-ring (bicyclic) bond motifs is 1. The van der Waals surface area contributed by atoms with Gasteiger partial charge < -0.3 is 25.1 Å². The molecule has 0 bridgehead atoms. The first-order valence-electron chi connectivity index (χ1n) is 16.8. The molecule has 4 aliphatic heterocycles. The molecule has 0 aliphatic carbocycles. The fraction of sp³-hybridized carbons (Fsp3) is 0.429. The number of aliphatic hydroxyl groups is 1. The van der Waals surface area contributed by atoms with E-state index >= 15 is 0 Å². The monoisotopic (exact) mass is 746 g/mol. The molecule has 4 atom stereocenters. The van der Waals surface area contributed by atoms with Crippen molar-refractivity contribution in [3.63, 3.8) is 0 Å². The van der Waals surface area contributed by atoms with Crippen molar-refractivity contribution in [1.29, 1.82) is 0 Å². The molecular formula is C35H39BrN8O6. The molecular weight excluding hydrogens is 708 g/mol. The summed E-state index contributed by atoms with van der Waals surface area (Å²) in [6.45, 7) is 3.87. The summed E-state index contributed by atoms with van der Waals surface area (Å²) >= 11 is 3.41. The van der Waals surface area contributed by atoms with Crippen molar-refractivity contribution in [2.24, 2.45) is 7.05 Å². The average Bonchev–Trinajstić information content (AvgIpc) is 3.36. The zero-order valence-electron chi connectivity index (χ0n) is 27.8. The predicted octanol–water partition coefficient (Wildman–Crippen LogP) is 1.66. The van der Waals surface area contributed by atoms with Crippen LogP contribution in [-0.2, 0) is 16.6 Å². The molecule has 3 N–H and O–H groups in total. The molecule has 2 aromatic carbocycles. The van der Waals surface area contributed by atoms with Gasteiger partial charge in [-0.1, -0.05) is 12.1 Å². The second-order valence-corrected chi connectivity index (χ2v) is 14.3. The molecule has 0 radical (unpaired) electrons. The third-order valence-electron chi connectivity index (χ3n) is 10.2. The summed E-state index contributed by atoms with van der Waals surface area (Å²) in [4.78, 5) is 70.4. The molecule has 14 nitrogen and oxygen atoms in total. The molecule has 4 aliphatic rings. The Balaban J connectivity index is 0.958. The number of likely N-dealkylation sites (N-methyl/N-ethyl adjacent to an activating group) is 1. The highest BCUT2D eigenvalue weighted by atomic mass is 79.9. The predicted molar refractivity (Wildman–Crippen MR) is 188 cm³/mol. The maximum Gasteiger partial charge on any atom is 0.282 e. The number of aliphatic hydroxyl groups excluding tert-OH is 1. The molecule has 4 amide bonds. The van der Waals surface area contributed by atoms with Gasteiger partial charge in [-0.3, -0.25) is 34.2 Å². The van der Waals surface area contributed by atoms with Crippen LogP contribution in [0.1, 0.15) is 63.3 Å². The van der Waals surface area contributed by atoms with Crippen LogP contribution in [0.5, 0.6) is 0 Å². The van der Waals surface area contributed by atoms with Crippen molar-refractivity contribution in [3.8, 4) is 0 Å². The number of imide groups is 1. The Morgan fingerprint density at radius 1 is 1.00 bits per heavy atom. The van der Waals surface area contributed by atoms with Gasteiger partial charge in [0.05, 0.1) is 11.9 Å². The van der Waals surface area contributed by atoms with Gasteiger partial charge in [0, 0.05) is 81.2 Å². The Labute approximate surface area is 297 Å². The number of hydrogen-bond acceptors (Lipinski definition) is 10. The standard InChI is InChI=1S/C35H39BrN8O6/c1-40-18-22(15-23(19-40)38-27-17-37-41(2)35(50)30(27)36)20-3-5-21(6-4-20)32(47)43-13-11-42(12-14-43)24-7-8-25-26(16-24)34(49)44(33(25)48)28-9-10-29(45)39-31(28)46/h3-8,16-17,22-23,28,34,38,49H,9-15,18-19H2,1-2H3,(H,39,45,46). The first-order chi connectivity index (χ1) is 24.0. The summed E-state index contributed by atoms with van der Waals surface area (Å²) in [5.74, 6) is -1.19. The molecule has 15 heteroatoms. The van der Waals surface area contributed by atoms with E-state index in [-0.39, 0.29) is 42.2 Å². The molecule has 0 saturated carbocycles. The number of hydrogen-bond donors (Lipinski definition) is 3. The van der Waals surface area contributed by atoms with Gasteiger partial charge in [0.15, 0.2) is 6.23 Å². The maximum atomic E-state index is 13.5. The Hall–Kier alpha value is -4.60. The molecule has 3 aromatic rings. The maximum absolute atomic E-state index is 13.5. The normalized spacial score (nSPS) is 24.3. The molecule has 0 spiro atoms. The van der Waals surface area contributed by atoms with Crippen LogP contribution in [0.3, 0.4) is 0 Å². The summed E-state index contributed by atoms with van der Waals surface area (Å²) in [5, 5.41) is 21.0. The van der Waals surface area contributed by atoms with Crippen LogP contribution in [-0.4, -0.2) is 112 Å². The van der Waals surface area contributed by atoms with E-state index in [0.29, 0.717) is 53.0 Å². The molecule has 3 saturated heterocycles. The number of piperazine rings is 1. The van der Waals surface area contributed by atoms with Crippen LogP contribution in [0, 0.1) is 0 Å². The molecule has 262 valence electrons. The Morgan fingerprint density at radius 3 is 2.46 bits per heavy atom. The zero-order valence-corrected chi connectivity index (χ0v) is 29.4. The van der Waals surface area contributed by atoms with Crippen LogP contribution < -0.4 is 21.1 Å². The third-order valence-corrected chi connectivity index (χ3v) is 11.0. The van der Waals surface area contributed by atoms with Gasteiger partial charge in [-0.2, -0.15) is 5.10 Å². The number of amides is 4. The number of rotatable bonds is 6. The number of aryl methyl sites for hydroxylation is 1. The largest absolute Gasteiger partial charge is 0.379 e. The quantitative estimate of drug-likeness (QED) is 0.317. The summed E-state index contributed by atoms with van der Waals surface area (Å²) in [6, 6.07) is 12.3. The lowest BCUT2D eigenvalue weighted by atomic mass is 9.87. The van der Waals surface area contributed by atoms with Crippen molar-refractivity contribution in [3.05, 3.63) is 85.7 Å². The van der Waals surface area contributed by atoms with E-state index in [1.807, 2.05) is 35.2 Å². The number of aromatic nitrogens is 2. The van der Waals surface area contributed by atoms with Gasteiger partial charge in [0.2, 0.25) is 11.8 Å². The van der Waals surface area contributed by atoms with E-state index in [2.05, 4.69) is 48.5 Å². The summed E-state index contributed by atoms with van der Waals surface area (Å²) in [6.07, 6.45) is 1.51. The zero-order chi connectivity index (χ0) is 35.3. The van der Waals surface area contributed by atoms with Crippen molar-refractivity contribution in [1.82, 2.24) is 29.8 Å². The number of nitrogens with one attached hydrogen (secondary N) is 2. The van der Waals surface area contributed by atoms with Gasteiger partial charge in [0.1, 0.15) is 10.5 Å². The Morgan fingerprint density at radius 2 is 1.74 bits per heavy atom. The van der Waals surface area contributed by atoms with Gasteiger partial charge in [-0.25, -0.2) is 4.68 Å². The number of carbonyl (C=O) groups excluding carboxylic acids is 4. The van der Waals surface area contributed by atoms with Crippen LogP contribution in [0.2, 0.25) is 0 Å². The number of anilines is 2. The number of piperidine rings is 2. The minimum absolute atomic E-state index is 0.0330. The molecule has 3 fully saturated rings. The van der Waals surface area contributed by atoms with Gasteiger partial charge >= 0.3 is 0 Å². The van der Waals surface area contributed by atoms with E-state index in [1.165, 1.54) is 4.68 Å². The molecule has 50 heavy (non-hydrogen) atoms. The highest BCUT2D eigenvalue weighted by Crippen LogP contribution is 2.37. The van der Waals surface area contributed by atoms with Crippen molar-refractivity contribution in [2.45, 2.75) is 43.5 Å². The average molecular weight is 748 g/mol. The minimum Gasteiger partial charge on any atom is -0.379 e. The Kier molecular flexibility index (Phi) is 9.22.